The zero-order valence-corrected chi connectivity index (χ0v) is 6.77. The molecule has 0 fully saturated rings. The lowest BCUT2D eigenvalue weighted by Gasteiger charge is -2.30. The summed E-state index contributed by atoms with van der Waals surface area (Å²) in [7, 11) is 1.79. The summed E-state index contributed by atoms with van der Waals surface area (Å²) >= 11 is 0. The van der Waals surface area contributed by atoms with Crippen LogP contribution in [0.1, 0.15) is 0 Å². The Labute approximate surface area is 70.4 Å². The molecule has 1 aromatic heterocycles. The number of hydrogen-bond donors (Lipinski definition) is 1. The van der Waals surface area contributed by atoms with Crippen LogP contribution < -0.4 is 9.64 Å². The van der Waals surface area contributed by atoms with Crippen molar-refractivity contribution in [2.45, 2.75) is 6.23 Å². The summed E-state index contributed by atoms with van der Waals surface area (Å²) in [6, 6.07) is 3.65. The van der Waals surface area contributed by atoms with Gasteiger partial charge in [-0.1, -0.05) is 0 Å². The van der Waals surface area contributed by atoms with Gasteiger partial charge in [-0.2, -0.15) is 0 Å². The Balaban J connectivity index is 2.42. The van der Waals surface area contributed by atoms with E-state index in [0.717, 1.165) is 5.75 Å². The molecule has 0 radical (unpaired) electrons. The van der Waals surface area contributed by atoms with Gasteiger partial charge in [0, 0.05) is 13.2 Å². The van der Waals surface area contributed by atoms with Crippen molar-refractivity contribution in [2.75, 3.05) is 18.6 Å². The van der Waals surface area contributed by atoms with E-state index in [1.54, 1.807) is 18.1 Å². The molecule has 0 saturated carbocycles. The lowest BCUT2D eigenvalue weighted by Crippen LogP contribution is -2.40. The van der Waals surface area contributed by atoms with Crippen LogP contribution >= 0.6 is 0 Å². The quantitative estimate of drug-likeness (QED) is 0.599. The summed E-state index contributed by atoms with van der Waals surface area (Å²) < 4.78 is 5.25. The third-order valence-electron chi connectivity index (χ3n) is 1.92. The van der Waals surface area contributed by atoms with Crippen molar-refractivity contribution in [3.05, 3.63) is 18.3 Å². The Kier molecular flexibility index (Phi) is 1.62. The smallest absolute Gasteiger partial charge is 0.173 e. The van der Waals surface area contributed by atoms with E-state index in [1.165, 1.54) is 0 Å². The average molecular weight is 166 g/mol. The van der Waals surface area contributed by atoms with Gasteiger partial charge in [-0.25, -0.2) is 4.98 Å². The Bertz CT molecular complexity index is 290. The predicted octanol–water partition coefficient (Wildman–Crippen LogP) is 0.229. The van der Waals surface area contributed by atoms with Crippen LogP contribution in [0.2, 0.25) is 0 Å². The van der Waals surface area contributed by atoms with Crippen LogP contribution in [0.25, 0.3) is 0 Å². The lowest BCUT2D eigenvalue weighted by atomic mass is 10.3. The van der Waals surface area contributed by atoms with Gasteiger partial charge in [0.2, 0.25) is 0 Å². The number of ether oxygens (including phenoxy) is 1. The fourth-order valence-electron chi connectivity index (χ4n) is 1.18. The van der Waals surface area contributed by atoms with Gasteiger partial charge in [-0.05, 0) is 12.1 Å². The monoisotopic (exact) mass is 166 g/mol. The number of hydrogen-bond acceptors (Lipinski definition) is 4. The van der Waals surface area contributed by atoms with Crippen LogP contribution in [-0.4, -0.2) is 30.0 Å². The van der Waals surface area contributed by atoms with Crippen molar-refractivity contribution in [1.82, 2.24) is 4.98 Å². The minimum atomic E-state index is -0.590. The molecule has 1 N–H and O–H groups in total. The van der Waals surface area contributed by atoms with Gasteiger partial charge in [-0.15, -0.1) is 0 Å². The summed E-state index contributed by atoms with van der Waals surface area (Å²) in [4.78, 5) is 5.78. The number of fused-ring (bicyclic) bond motifs is 1. The maximum absolute atomic E-state index is 9.39. The normalized spacial score (nSPS) is 21.5. The lowest BCUT2D eigenvalue weighted by molar-refractivity contribution is 0.0943. The number of aromatic nitrogens is 1. The van der Waals surface area contributed by atoms with E-state index in [4.69, 9.17) is 4.74 Å². The molecule has 1 aromatic rings. The second-order valence-electron chi connectivity index (χ2n) is 2.73. The zero-order chi connectivity index (χ0) is 8.55. The number of nitrogens with zero attached hydrogens (tertiary/aromatic N) is 2. The SMILES string of the molecule is CN1c2ncccc2OCC1O. The Morgan fingerprint density at radius 3 is 3.42 bits per heavy atom. The Hall–Kier alpha value is -1.29. The fourth-order valence-corrected chi connectivity index (χ4v) is 1.18. The summed E-state index contributed by atoms with van der Waals surface area (Å²) in [6.45, 7) is 0.301. The zero-order valence-electron chi connectivity index (χ0n) is 6.77. The van der Waals surface area contributed by atoms with Crippen LogP contribution in [0.3, 0.4) is 0 Å². The minimum Gasteiger partial charge on any atom is -0.485 e. The molecule has 0 bridgehead atoms. The summed E-state index contributed by atoms with van der Waals surface area (Å²) in [5, 5.41) is 9.39. The molecule has 0 aliphatic carbocycles. The van der Waals surface area contributed by atoms with E-state index in [0.29, 0.717) is 12.4 Å². The molecule has 4 nitrogen and oxygen atoms in total. The van der Waals surface area contributed by atoms with Crippen molar-refractivity contribution in [3.8, 4) is 5.75 Å². The molecular weight excluding hydrogens is 156 g/mol. The van der Waals surface area contributed by atoms with Gasteiger partial charge in [0.25, 0.3) is 0 Å². The van der Waals surface area contributed by atoms with Crippen molar-refractivity contribution >= 4 is 5.82 Å². The summed E-state index contributed by atoms with van der Waals surface area (Å²) in [6.07, 6.45) is 1.09. The van der Waals surface area contributed by atoms with Crippen molar-refractivity contribution in [2.24, 2.45) is 0 Å². The first-order chi connectivity index (χ1) is 5.79. The minimum absolute atomic E-state index is 0.301. The van der Waals surface area contributed by atoms with Crippen molar-refractivity contribution in [1.29, 1.82) is 0 Å². The number of anilines is 1. The van der Waals surface area contributed by atoms with Gasteiger partial charge >= 0.3 is 0 Å². The molecule has 4 heteroatoms. The van der Waals surface area contributed by atoms with Gasteiger partial charge < -0.3 is 14.7 Å². The third kappa shape index (κ3) is 1.00. The van der Waals surface area contributed by atoms with E-state index in [1.807, 2.05) is 12.1 Å². The Morgan fingerprint density at radius 1 is 1.75 bits per heavy atom. The molecule has 2 rings (SSSR count). The van der Waals surface area contributed by atoms with E-state index in [-0.39, 0.29) is 0 Å². The highest BCUT2D eigenvalue weighted by molar-refractivity contribution is 5.53. The fraction of sp³-hybridized carbons (Fsp3) is 0.375. The van der Waals surface area contributed by atoms with E-state index in [2.05, 4.69) is 4.98 Å². The maximum Gasteiger partial charge on any atom is 0.173 e. The van der Waals surface area contributed by atoms with Crippen molar-refractivity contribution < 1.29 is 9.84 Å². The van der Waals surface area contributed by atoms with Gasteiger partial charge in [-0.3, -0.25) is 0 Å². The molecule has 0 saturated heterocycles. The molecule has 1 aliphatic rings. The highest BCUT2D eigenvalue weighted by Crippen LogP contribution is 2.28. The number of aliphatic hydroxyl groups excluding tert-OH is 1. The first-order valence-electron chi connectivity index (χ1n) is 3.78. The van der Waals surface area contributed by atoms with Crippen molar-refractivity contribution in [3.63, 3.8) is 0 Å². The molecule has 1 unspecified atom stereocenters. The van der Waals surface area contributed by atoms with Gasteiger partial charge in [0.05, 0.1) is 0 Å². The maximum atomic E-state index is 9.39. The van der Waals surface area contributed by atoms with Gasteiger partial charge in [0.1, 0.15) is 6.61 Å². The molecule has 0 aromatic carbocycles. The standard InChI is InChI=1S/C8H10N2O2/c1-10-7(11)5-12-6-3-2-4-9-8(6)10/h2-4,7,11H,5H2,1H3. The number of pyridine rings is 1. The molecule has 0 spiro atoms. The van der Waals surface area contributed by atoms with Gasteiger partial charge in [0.15, 0.2) is 17.8 Å². The molecule has 12 heavy (non-hydrogen) atoms. The molecule has 1 atom stereocenters. The Morgan fingerprint density at radius 2 is 2.58 bits per heavy atom. The first kappa shape index (κ1) is 7.36. The molecule has 0 amide bonds. The average Bonchev–Trinajstić information content (AvgIpc) is 2.12. The van der Waals surface area contributed by atoms with Crippen LogP contribution in [0.4, 0.5) is 5.82 Å². The highest BCUT2D eigenvalue weighted by Gasteiger charge is 2.22. The number of aliphatic hydroxyl groups is 1. The summed E-state index contributed by atoms with van der Waals surface area (Å²) in [5.41, 5.74) is 0. The second kappa shape index (κ2) is 2.64. The largest absolute Gasteiger partial charge is 0.485 e. The van der Waals surface area contributed by atoms with Crippen LogP contribution in [0.5, 0.6) is 5.75 Å². The van der Waals surface area contributed by atoms with E-state index >= 15 is 0 Å². The van der Waals surface area contributed by atoms with Crippen LogP contribution in [0.15, 0.2) is 18.3 Å². The van der Waals surface area contributed by atoms with E-state index < -0.39 is 6.23 Å². The summed E-state index contributed by atoms with van der Waals surface area (Å²) in [5.74, 6) is 1.42. The van der Waals surface area contributed by atoms with Crippen LogP contribution in [-0.2, 0) is 0 Å². The molecule has 2 heterocycles. The molecular formula is C8H10N2O2. The molecule has 64 valence electrons. The molecule has 1 aliphatic heterocycles. The predicted molar refractivity (Wildman–Crippen MR) is 44.1 cm³/mol. The third-order valence-corrected chi connectivity index (χ3v) is 1.92. The second-order valence-corrected chi connectivity index (χ2v) is 2.73. The number of likely N-dealkylation sites (N-methyl/N-ethyl adjacent to an activating group) is 1. The van der Waals surface area contributed by atoms with Crippen LogP contribution in [0, 0.1) is 0 Å². The number of rotatable bonds is 0. The van der Waals surface area contributed by atoms with E-state index in [9.17, 15) is 5.11 Å². The highest BCUT2D eigenvalue weighted by atomic mass is 16.5. The topological polar surface area (TPSA) is 45.6 Å². The first-order valence-corrected chi connectivity index (χ1v) is 3.78.